The van der Waals surface area contributed by atoms with E-state index in [0.29, 0.717) is 17.0 Å². The van der Waals surface area contributed by atoms with Crippen LogP contribution in [0.5, 0.6) is 5.75 Å². The smallest absolute Gasteiger partial charge is 0.325 e. The summed E-state index contributed by atoms with van der Waals surface area (Å²) in [6.45, 7) is 3.15. The number of carbonyl (C=O) groups excluding carboxylic acids is 3. The van der Waals surface area contributed by atoms with E-state index < -0.39 is 23.4 Å². The Morgan fingerprint density at radius 2 is 2.12 bits per heavy atom. The maximum Gasteiger partial charge on any atom is 0.325 e. The molecular weight excluding hydrogens is 354 g/mol. The Morgan fingerprint density at radius 1 is 1.35 bits per heavy atom. The molecule has 1 unspecified atom stereocenters. The largest absolute Gasteiger partial charge is 0.495 e. The van der Waals surface area contributed by atoms with E-state index in [-0.39, 0.29) is 6.54 Å². The molecule has 4 amide bonds. The number of ether oxygens (including phenoxy) is 1. The lowest BCUT2D eigenvalue weighted by Gasteiger charge is -2.20. The van der Waals surface area contributed by atoms with Crippen LogP contribution < -0.4 is 15.4 Å². The van der Waals surface area contributed by atoms with Crippen molar-refractivity contribution in [1.82, 2.24) is 10.2 Å². The second-order valence-electron chi connectivity index (χ2n) is 6.21. The summed E-state index contributed by atoms with van der Waals surface area (Å²) in [7, 11) is 1.50. The Morgan fingerprint density at radius 3 is 2.77 bits per heavy atom. The van der Waals surface area contributed by atoms with Gasteiger partial charge in [-0.3, -0.25) is 14.5 Å². The van der Waals surface area contributed by atoms with Gasteiger partial charge in [0.1, 0.15) is 17.8 Å². The van der Waals surface area contributed by atoms with Crippen molar-refractivity contribution in [2.24, 2.45) is 0 Å². The highest BCUT2D eigenvalue weighted by molar-refractivity contribution is 7.08. The van der Waals surface area contributed by atoms with Gasteiger partial charge in [0.25, 0.3) is 5.91 Å². The standard InChI is InChI=1S/C18H19N3O4S/c1-11-4-5-14(25-3)13(8-11)19-15(22)9-21-16(23)18(2,20-17(21)24)12-6-7-26-10-12/h4-8,10H,9H2,1-3H3,(H,19,22)(H,20,24). The first kappa shape index (κ1) is 17.9. The Bertz CT molecular complexity index is 865. The first-order chi connectivity index (χ1) is 12.3. The summed E-state index contributed by atoms with van der Waals surface area (Å²) < 4.78 is 5.22. The van der Waals surface area contributed by atoms with E-state index in [0.717, 1.165) is 10.5 Å². The zero-order valence-electron chi connectivity index (χ0n) is 14.7. The average molecular weight is 373 g/mol. The molecule has 3 rings (SSSR count). The van der Waals surface area contributed by atoms with E-state index in [1.807, 2.05) is 18.4 Å². The van der Waals surface area contributed by atoms with Gasteiger partial charge in [0.05, 0.1) is 12.8 Å². The average Bonchev–Trinajstić information content (AvgIpc) is 3.20. The quantitative estimate of drug-likeness (QED) is 0.788. The third kappa shape index (κ3) is 3.15. The van der Waals surface area contributed by atoms with Crippen LogP contribution in [0.4, 0.5) is 10.5 Å². The molecular formula is C18H19N3O4S. The zero-order chi connectivity index (χ0) is 18.9. The van der Waals surface area contributed by atoms with Gasteiger partial charge in [0, 0.05) is 0 Å². The molecule has 2 aromatic rings. The highest BCUT2D eigenvalue weighted by Gasteiger charge is 2.49. The molecule has 1 fully saturated rings. The molecule has 8 heteroatoms. The number of nitrogens with one attached hydrogen (secondary N) is 2. The lowest BCUT2D eigenvalue weighted by Crippen LogP contribution is -2.41. The number of hydrogen-bond acceptors (Lipinski definition) is 5. The van der Waals surface area contributed by atoms with Crippen molar-refractivity contribution in [3.8, 4) is 5.75 Å². The summed E-state index contributed by atoms with van der Waals surface area (Å²) in [6, 6.07) is 6.56. The first-order valence-corrected chi connectivity index (χ1v) is 8.90. The predicted octanol–water partition coefficient (Wildman–Crippen LogP) is 2.47. The molecule has 1 saturated heterocycles. The molecule has 1 aromatic carbocycles. The maximum atomic E-state index is 12.7. The van der Waals surface area contributed by atoms with E-state index in [4.69, 9.17) is 4.74 Å². The SMILES string of the molecule is COc1ccc(C)cc1NC(=O)CN1C(=O)NC(C)(c2ccsc2)C1=O. The molecule has 2 heterocycles. The van der Waals surface area contributed by atoms with E-state index in [9.17, 15) is 14.4 Å². The van der Waals surface area contributed by atoms with Crippen molar-refractivity contribution in [3.63, 3.8) is 0 Å². The molecule has 0 spiro atoms. The number of imide groups is 1. The normalized spacial score (nSPS) is 19.4. The van der Waals surface area contributed by atoms with Crippen LogP contribution in [0.1, 0.15) is 18.1 Å². The van der Waals surface area contributed by atoms with Crippen molar-refractivity contribution in [1.29, 1.82) is 0 Å². The fourth-order valence-corrected chi connectivity index (χ4v) is 3.60. The summed E-state index contributed by atoms with van der Waals surface area (Å²) >= 11 is 1.44. The monoisotopic (exact) mass is 373 g/mol. The van der Waals surface area contributed by atoms with Gasteiger partial charge in [0.2, 0.25) is 5.91 Å². The minimum atomic E-state index is -1.15. The van der Waals surface area contributed by atoms with Gasteiger partial charge in [-0.1, -0.05) is 6.07 Å². The number of nitrogens with zero attached hydrogens (tertiary/aromatic N) is 1. The molecule has 1 atom stereocenters. The van der Waals surface area contributed by atoms with Gasteiger partial charge in [-0.2, -0.15) is 11.3 Å². The Balaban J connectivity index is 1.75. The van der Waals surface area contributed by atoms with Crippen LogP contribution in [0, 0.1) is 6.92 Å². The highest BCUT2D eigenvalue weighted by Crippen LogP contribution is 2.30. The third-order valence-electron chi connectivity index (χ3n) is 4.30. The molecule has 0 saturated carbocycles. The molecule has 0 radical (unpaired) electrons. The Labute approximate surface area is 155 Å². The van der Waals surface area contributed by atoms with Gasteiger partial charge in [-0.25, -0.2) is 4.79 Å². The number of urea groups is 1. The molecule has 0 aliphatic carbocycles. The van der Waals surface area contributed by atoms with Gasteiger partial charge < -0.3 is 15.4 Å². The van der Waals surface area contributed by atoms with Crippen LogP contribution in [-0.4, -0.2) is 36.4 Å². The number of anilines is 1. The van der Waals surface area contributed by atoms with Crippen LogP contribution >= 0.6 is 11.3 Å². The second-order valence-corrected chi connectivity index (χ2v) is 6.99. The summed E-state index contributed by atoms with van der Waals surface area (Å²) in [5.74, 6) is -0.427. The maximum absolute atomic E-state index is 12.7. The molecule has 7 nitrogen and oxygen atoms in total. The van der Waals surface area contributed by atoms with Crippen LogP contribution in [0.25, 0.3) is 0 Å². The fraction of sp³-hybridized carbons (Fsp3) is 0.278. The van der Waals surface area contributed by atoms with Crippen LogP contribution in [0.15, 0.2) is 35.0 Å². The number of methoxy groups -OCH3 is 1. The van der Waals surface area contributed by atoms with Gasteiger partial charge >= 0.3 is 6.03 Å². The lowest BCUT2D eigenvalue weighted by atomic mass is 9.95. The van der Waals surface area contributed by atoms with E-state index >= 15 is 0 Å². The molecule has 1 aromatic heterocycles. The topological polar surface area (TPSA) is 87.7 Å². The van der Waals surface area contributed by atoms with Crippen molar-refractivity contribution in [3.05, 3.63) is 46.2 Å². The van der Waals surface area contributed by atoms with E-state index in [1.54, 1.807) is 30.5 Å². The molecule has 2 N–H and O–H groups in total. The van der Waals surface area contributed by atoms with E-state index in [2.05, 4.69) is 10.6 Å². The summed E-state index contributed by atoms with van der Waals surface area (Å²) in [5, 5.41) is 9.01. The van der Waals surface area contributed by atoms with Crippen LogP contribution in [0.3, 0.4) is 0 Å². The van der Waals surface area contributed by atoms with Crippen LogP contribution in [0.2, 0.25) is 0 Å². The number of rotatable bonds is 5. The Kier molecular flexibility index (Phi) is 4.69. The van der Waals surface area contributed by atoms with Gasteiger partial charge in [0.15, 0.2) is 0 Å². The third-order valence-corrected chi connectivity index (χ3v) is 4.99. The highest BCUT2D eigenvalue weighted by atomic mass is 32.1. The minimum absolute atomic E-state index is 0.374. The van der Waals surface area contributed by atoms with Crippen molar-refractivity contribution in [2.75, 3.05) is 19.0 Å². The fourth-order valence-electron chi connectivity index (χ4n) is 2.84. The van der Waals surface area contributed by atoms with Crippen molar-refractivity contribution >= 4 is 34.9 Å². The zero-order valence-corrected chi connectivity index (χ0v) is 15.5. The Hall–Kier alpha value is -2.87. The summed E-state index contributed by atoms with van der Waals surface area (Å²) in [6.07, 6.45) is 0. The number of benzene rings is 1. The predicted molar refractivity (Wildman–Crippen MR) is 98.3 cm³/mol. The lowest BCUT2D eigenvalue weighted by molar-refractivity contribution is -0.133. The summed E-state index contributed by atoms with van der Waals surface area (Å²) in [4.78, 5) is 38.3. The molecule has 1 aliphatic heterocycles. The van der Waals surface area contributed by atoms with Crippen molar-refractivity contribution < 1.29 is 19.1 Å². The first-order valence-electron chi connectivity index (χ1n) is 7.96. The van der Waals surface area contributed by atoms with Crippen LogP contribution in [-0.2, 0) is 15.1 Å². The van der Waals surface area contributed by atoms with E-state index in [1.165, 1.54) is 18.4 Å². The second kappa shape index (κ2) is 6.80. The van der Waals surface area contributed by atoms with Gasteiger partial charge in [-0.15, -0.1) is 0 Å². The molecule has 1 aliphatic rings. The molecule has 0 bridgehead atoms. The van der Waals surface area contributed by atoms with Gasteiger partial charge in [-0.05, 0) is 53.9 Å². The number of thiophene rings is 1. The summed E-state index contributed by atoms with van der Waals surface area (Å²) in [5.41, 5.74) is 0.980. The number of hydrogen-bond donors (Lipinski definition) is 2. The number of aryl methyl sites for hydroxylation is 1. The van der Waals surface area contributed by atoms with Crippen molar-refractivity contribution in [2.45, 2.75) is 19.4 Å². The number of carbonyl (C=O) groups is 3. The molecule has 136 valence electrons. The minimum Gasteiger partial charge on any atom is -0.495 e. The number of amides is 4. The molecule has 26 heavy (non-hydrogen) atoms.